The maximum Gasteiger partial charge on any atom is 0.262 e. The Bertz CT molecular complexity index is 1130. The number of aromatic nitrogens is 2. The second-order valence-corrected chi connectivity index (χ2v) is 8.89. The standard InChI is InChI=1S/C22H23Cl2N3O3S/c1-14(2)30-11-5-10-27-21(29)16-9-8-15(23)12-19(16)26-22(27)31-13-20(28)25-18-7-4-3-6-17(18)24/h3-4,6-9,12,14H,5,10-11,13H2,1-2H3,(H,25,28). The topological polar surface area (TPSA) is 73.2 Å². The summed E-state index contributed by atoms with van der Waals surface area (Å²) in [5, 5.41) is 4.67. The monoisotopic (exact) mass is 479 g/mol. The van der Waals surface area contributed by atoms with Crippen molar-refractivity contribution in [1.82, 2.24) is 9.55 Å². The number of hydrogen-bond acceptors (Lipinski definition) is 5. The van der Waals surface area contributed by atoms with Gasteiger partial charge in [0, 0.05) is 18.2 Å². The van der Waals surface area contributed by atoms with E-state index >= 15 is 0 Å². The van der Waals surface area contributed by atoms with Crippen molar-refractivity contribution in [3.05, 3.63) is 62.9 Å². The molecule has 31 heavy (non-hydrogen) atoms. The van der Waals surface area contributed by atoms with Crippen LogP contribution < -0.4 is 10.9 Å². The molecule has 0 spiro atoms. The third-order valence-corrected chi connectivity index (χ3v) is 5.88. The highest BCUT2D eigenvalue weighted by molar-refractivity contribution is 7.99. The average Bonchev–Trinajstić information content (AvgIpc) is 2.72. The van der Waals surface area contributed by atoms with Crippen molar-refractivity contribution >= 4 is 57.5 Å². The average molecular weight is 480 g/mol. The van der Waals surface area contributed by atoms with E-state index in [1.165, 1.54) is 11.8 Å². The van der Waals surface area contributed by atoms with Crippen molar-refractivity contribution in [2.45, 2.75) is 38.1 Å². The van der Waals surface area contributed by atoms with Crippen LogP contribution in [0.4, 0.5) is 5.69 Å². The summed E-state index contributed by atoms with van der Waals surface area (Å²) in [4.78, 5) is 30.1. The van der Waals surface area contributed by atoms with Gasteiger partial charge in [-0.3, -0.25) is 14.2 Å². The lowest BCUT2D eigenvalue weighted by molar-refractivity contribution is -0.113. The molecule has 9 heteroatoms. The second-order valence-electron chi connectivity index (χ2n) is 7.10. The van der Waals surface area contributed by atoms with Crippen LogP contribution in [0.3, 0.4) is 0 Å². The van der Waals surface area contributed by atoms with Gasteiger partial charge in [0.2, 0.25) is 5.91 Å². The van der Waals surface area contributed by atoms with Crippen molar-refractivity contribution in [3.8, 4) is 0 Å². The molecular formula is C22H23Cl2N3O3S. The molecule has 1 N–H and O–H groups in total. The number of halogens is 2. The van der Waals surface area contributed by atoms with E-state index in [9.17, 15) is 9.59 Å². The molecule has 0 fully saturated rings. The summed E-state index contributed by atoms with van der Waals surface area (Å²) in [5.74, 6) is -0.167. The number of nitrogens with one attached hydrogen (secondary N) is 1. The molecular weight excluding hydrogens is 457 g/mol. The molecule has 0 radical (unpaired) electrons. The third-order valence-electron chi connectivity index (χ3n) is 4.34. The lowest BCUT2D eigenvalue weighted by Gasteiger charge is -2.14. The fourth-order valence-electron chi connectivity index (χ4n) is 2.90. The van der Waals surface area contributed by atoms with Crippen molar-refractivity contribution in [2.75, 3.05) is 17.7 Å². The van der Waals surface area contributed by atoms with Crippen LogP contribution >= 0.6 is 35.0 Å². The first kappa shape index (κ1) is 23.6. The van der Waals surface area contributed by atoms with Crippen LogP contribution in [-0.4, -0.2) is 33.9 Å². The first-order valence-corrected chi connectivity index (χ1v) is 11.6. The number of thioether (sulfide) groups is 1. The summed E-state index contributed by atoms with van der Waals surface area (Å²) in [5.41, 5.74) is 0.873. The largest absolute Gasteiger partial charge is 0.379 e. The van der Waals surface area contributed by atoms with E-state index in [-0.39, 0.29) is 23.3 Å². The predicted molar refractivity (Wildman–Crippen MR) is 128 cm³/mol. The minimum absolute atomic E-state index is 0.0756. The Labute approximate surface area is 194 Å². The Balaban J connectivity index is 1.80. The Morgan fingerprint density at radius 1 is 1.23 bits per heavy atom. The number of fused-ring (bicyclic) bond motifs is 1. The molecule has 6 nitrogen and oxygen atoms in total. The zero-order valence-electron chi connectivity index (χ0n) is 17.2. The molecule has 1 aromatic heterocycles. The highest BCUT2D eigenvalue weighted by Crippen LogP contribution is 2.23. The zero-order chi connectivity index (χ0) is 22.4. The van der Waals surface area contributed by atoms with Crippen LogP contribution in [0.25, 0.3) is 10.9 Å². The van der Waals surface area contributed by atoms with Crippen LogP contribution in [-0.2, 0) is 16.1 Å². The Hall–Kier alpha value is -2.06. The molecule has 0 aliphatic heterocycles. The van der Waals surface area contributed by atoms with E-state index in [1.807, 2.05) is 13.8 Å². The maximum atomic E-state index is 13.1. The normalized spacial score (nSPS) is 11.3. The van der Waals surface area contributed by atoms with E-state index in [0.717, 1.165) is 0 Å². The van der Waals surface area contributed by atoms with Gasteiger partial charge >= 0.3 is 0 Å². The maximum absolute atomic E-state index is 13.1. The Morgan fingerprint density at radius 3 is 2.74 bits per heavy atom. The van der Waals surface area contributed by atoms with E-state index in [0.29, 0.717) is 51.4 Å². The fraction of sp³-hybridized carbons (Fsp3) is 0.318. The van der Waals surface area contributed by atoms with Crippen molar-refractivity contribution in [1.29, 1.82) is 0 Å². The van der Waals surface area contributed by atoms with Gasteiger partial charge in [0.05, 0.1) is 33.5 Å². The van der Waals surface area contributed by atoms with Gasteiger partial charge in [0.1, 0.15) is 0 Å². The number of anilines is 1. The molecule has 1 heterocycles. The summed E-state index contributed by atoms with van der Waals surface area (Å²) in [6.45, 7) is 4.89. The summed E-state index contributed by atoms with van der Waals surface area (Å²) in [7, 11) is 0. The van der Waals surface area contributed by atoms with E-state index in [1.54, 1.807) is 47.0 Å². The molecule has 3 rings (SSSR count). The number of amides is 1. The molecule has 2 aromatic carbocycles. The molecule has 0 aliphatic carbocycles. The highest BCUT2D eigenvalue weighted by Gasteiger charge is 2.14. The molecule has 0 unspecified atom stereocenters. The van der Waals surface area contributed by atoms with Gasteiger partial charge in [0.15, 0.2) is 5.16 Å². The molecule has 0 aliphatic rings. The Kier molecular flexibility index (Phi) is 8.37. The summed E-state index contributed by atoms with van der Waals surface area (Å²) >= 11 is 13.4. The van der Waals surface area contributed by atoms with Crippen molar-refractivity contribution in [2.24, 2.45) is 0 Å². The van der Waals surface area contributed by atoms with Crippen LogP contribution in [0, 0.1) is 0 Å². The zero-order valence-corrected chi connectivity index (χ0v) is 19.6. The minimum Gasteiger partial charge on any atom is -0.379 e. The summed E-state index contributed by atoms with van der Waals surface area (Å²) < 4.78 is 7.18. The number of carbonyl (C=O) groups is 1. The number of benzene rings is 2. The van der Waals surface area contributed by atoms with Crippen LogP contribution in [0.1, 0.15) is 20.3 Å². The Morgan fingerprint density at radius 2 is 2.00 bits per heavy atom. The first-order valence-electron chi connectivity index (χ1n) is 9.84. The van der Waals surface area contributed by atoms with Gasteiger partial charge in [0.25, 0.3) is 5.56 Å². The van der Waals surface area contributed by atoms with Gasteiger partial charge in [-0.25, -0.2) is 4.98 Å². The smallest absolute Gasteiger partial charge is 0.262 e. The summed E-state index contributed by atoms with van der Waals surface area (Å²) in [6, 6.07) is 12.0. The molecule has 0 bridgehead atoms. The minimum atomic E-state index is -0.242. The molecule has 164 valence electrons. The van der Waals surface area contributed by atoms with Gasteiger partial charge in [-0.05, 0) is 50.6 Å². The van der Waals surface area contributed by atoms with Crippen LogP contribution in [0.5, 0.6) is 0 Å². The van der Waals surface area contributed by atoms with Gasteiger partial charge in [-0.15, -0.1) is 0 Å². The lowest BCUT2D eigenvalue weighted by atomic mass is 10.2. The first-order chi connectivity index (χ1) is 14.8. The predicted octanol–water partition coefficient (Wildman–Crippen LogP) is 5.25. The highest BCUT2D eigenvalue weighted by atomic mass is 35.5. The SMILES string of the molecule is CC(C)OCCCn1c(SCC(=O)Nc2ccccc2Cl)nc2cc(Cl)ccc2c1=O. The fourth-order valence-corrected chi connectivity index (χ4v) is 4.08. The number of rotatable bonds is 9. The number of ether oxygens (including phenoxy) is 1. The lowest BCUT2D eigenvalue weighted by Crippen LogP contribution is -2.25. The van der Waals surface area contributed by atoms with E-state index in [4.69, 9.17) is 27.9 Å². The molecule has 1 amide bonds. The number of carbonyl (C=O) groups excluding carboxylic acids is 1. The molecule has 0 saturated heterocycles. The van der Waals surface area contributed by atoms with Gasteiger partial charge < -0.3 is 10.1 Å². The van der Waals surface area contributed by atoms with Crippen molar-refractivity contribution < 1.29 is 9.53 Å². The molecule has 3 aromatic rings. The van der Waals surface area contributed by atoms with E-state index in [2.05, 4.69) is 10.3 Å². The number of para-hydroxylation sites is 1. The van der Waals surface area contributed by atoms with Crippen molar-refractivity contribution in [3.63, 3.8) is 0 Å². The second kappa shape index (κ2) is 11.0. The molecule has 0 atom stereocenters. The van der Waals surface area contributed by atoms with Gasteiger partial charge in [-0.1, -0.05) is 47.1 Å². The van der Waals surface area contributed by atoms with E-state index < -0.39 is 0 Å². The number of nitrogens with zero attached hydrogens (tertiary/aromatic N) is 2. The third kappa shape index (κ3) is 6.46. The van der Waals surface area contributed by atoms with Crippen LogP contribution in [0.2, 0.25) is 10.0 Å². The van der Waals surface area contributed by atoms with Crippen LogP contribution in [0.15, 0.2) is 52.4 Å². The van der Waals surface area contributed by atoms with Gasteiger partial charge in [-0.2, -0.15) is 0 Å². The quantitative estimate of drug-likeness (QED) is 0.257. The summed E-state index contributed by atoms with van der Waals surface area (Å²) in [6.07, 6.45) is 0.772. The molecule has 0 saturated carbocycles. The number of hydrogen-bond donors (Lipinski definition) is 1.